The molecule has 1 aromatic heterocycles. The van der Waals surface area contributed by atoms with Crippen LogP contribution >= 0.6 is 0 Å². The number of aromatic amines is 1. The molecule has 0 fully saturated rings. The molecule has 0 amide bonds. The molecule has 5 heteroatoms. The number of hydrogen-bond acceptors (Lipinski definition) is 2. The number of nitrogens with one attached hydrogen (secondary N) is 2. The maximum atomic E-state index is 5.99. The summed E-state index contributed by atoms with van der Waals surface area (Å²) in [5.74, 6) is 1.12. The first-order chi connectivity index (χ1) is 11.7. The van der Waals surface area contributed by atoms with Gasteiger partial charge in [0.2, 0.25) is 0 Å². The van der Waals surface area contributed by atoms with Crippen molar-refractivity contribution in [3.63, 3.8) is 0 Å². The molecule has 0 saturated heterocycles. The first-order valence-corrected chi connectivity index (χ1v) is 7.94. The highest BCUT2D eigenvalue weighted by atomic mass is 16.5. The van der Waals surface area contributed by atoms with Crippen LogP contribution in [-0.4, -0.2) is 24.6 Å². The Hall–Kier alpha value is -2.95. The van der Waals surface area contributed by atoms with Crippen LogP contribution in [0.5, 0.6) is 5.75 Å². The van der Waals surface area contributed by atoms with E-state index in [1.807, 2.05) is 24.3 Å². The number of nitrogens with two attached hydrogens (primary N) is 1. The molecule has 2 aromatic carbocycles. The Labute approximate surface area is 141 Å². The number of aryl methyl sites for hydroxylation is 1. The number of rotatable bonds is 5. The van der Waals surface area contributed by atoms with Crippen LogP contribution in [0.1, 0.15) is 11.1 Å². The summed E-state index contributed by atoms with van der Waals surface area (Å²) in [5, 5.41) is 4.37. The van der Waals surface area contributed by atoms with E-state index >= 15 is 0 Å². The van der Waals surface area contributed by atoms with Gasteiger partial charge in [-0.05, 0) is 42.7 Å². The predicted molar refractivity (Wildman–Crippen MR) is 99.8 cm³/mol. The van der Waals surface area contributed by atoms with Crippen molar-refractivity contribution in [3.05, 3.63) is 59.8 Å². The second-order valence-corrected chi connectivity index (χ2v) is 5.65. The van der Waals surface area contributed by atoms with E-state index in [4.69, 9.17) is 10.5 Å². The number of ether oxygens (including phenoxy) is 1. The lowest BCUT2D eigenvalue weighted by molar-refractivity contribution is 0.417. The fourth-order valence-corrected chi connectivity index (χ4v) is 2.87. The molecule has 0 aliphatic carbocycles. The van der Waals surface area contributed by atoms with Crippen LogP contribution < -0.4 is 15.8 Å². The fourth-order valence-electron chi connectivity index (χ4n) is 2.87. The summed E-state index contributed by atoms with van der Waals surface area (Å²) < 4.78 is 5.29. The molecule has 0 saturated carbocycles. The zero-order valence-corrected chi connectivity index (χ0v) is 14.0. The smallest absolute Gasteiger partial charge is 0.193 e. The molecule has 0 unspecified atom stereocenters. The average Bonchev–Trinajstić information content (AvgIpc) is 3.00. The lowest BCUT2D eigenvalue weighted by Gasteiger charge is -2.10. The monoisotopic (exact) mass is 322 g/mol. The number of anilines is 1. The van der Waals surface area contributed by atoms with Crippen LogP contribution in [-0.2, 0) is 6.42 Å². The number of H-pyrrole nitrogens is 1. The van der Waals surface area contributed by atoms with Gasteiger partial charge in [-0.15, -0.1) is 0 Å². The van der Waals surface area contributed by atoms with Gasteiger partial charge >= 0.3 is 0 Å². The molecule has 3 aromatic rings. The third kappa shape index (κ3) is 3.35. The third-order valence-corrected chi connectivity index (χ3v) is 4.03. The quantitative estimate of drug-likeness (QED) is 0.497. The second kappa shape index (κ2) is 7.08. The topological polar surface area (TPSA) is 75.4 Å². The number of aromatic nitrogens is 1. The van der Waals surface area contributed by atoms with Crippen LogP contribution in [0.4, 0.5) is 5.69 Å². The van der Waals surface area contributed by atoms with Crippen LogP contribution in [0.3, 0.4) is 0 Å². The summed E-state index contributed by atoms with van der Waals surface area (Å²) >= 11 is 0. The standard InChI is InChI=1S/C19H22N4O/c1-13-6-5-8-16-18(13)14(12-22-16)10-11-21-19(20)23-15-7-3-4-9-17(15)24-2/h3-9,12,22H,10-11H2,1-2H3,(H3,20,21,23). The molecule has 24 heavy (non-hydrogen) atoms. The summed E-state index contributed by atoms with van der Waals surface area (Å²) in [6.07, 6.45) is 2.89. The summed E-state index contributed by atoms with van der Waals surface area (Å²) in [6, 6.07) is 13.9. The van der Waals surface area contributed by atoms with E-state index in [0.29, 0.717) is 12.5 Å². The van der Waals surface area contributed by atoms with E-state index in [2.05, 4.69) is 46.6 Å². The number of para-hydroxylation sites is 2. The van der Waals surface area contributed by atoms with Crippen molar-refractivity contribution in [1.82, 2.24) is 4.98 Å². The predicted octanol–water partition coefficient (Wildman–Crippen LogP) is 3.45. The maximum Gasteiger partial charge on any atom is 0.193 e. The molecule has 0 spiro atoms. The lowest BCUT2D eigenvalue weighted by atomic mass is 10.1. The summed E-state index contributed by atoms with van der Waals surface area (Å²) in [6.45, 7) is 2.75. The van der Waals surface area contributed by atoms with E-state index in [0.717, 1.165) is 23.4 Å². The lowest BCUT2D eigenvalue weighted by Crippen LogP contribution is -2.23. The van der Waals surface area contributed by atoms with E-state index in [1.165, 1.54) is 16.5 Å². The van der Waals surface area contributed by atoms with Crippen molar-refractivity contribution in [2.75, 3.05) is 19.0 Å². The first kappa shape index (κ1) is 15.9. The minimum atomic E-state index is 0.385. The van der Waals surface area contributed by atoms with Crippen LogP contribution in [0, 0.1) is 6.92 Å². The van der Waals surface area contributed by atoms with Gasteiger partial charge in [-0.25, -0.2) is 0 Å². The zero-order chi connectivity index (χ0) is 16.9. The number of fused-ring (bicyclic) bond motifs is 1. The fraction of sp³-hybridized carbons (Fsp3) is 0.211. The Morgan fingerprint density at radius 1 is 1.21 bits per heavy atom. The number of guanidine groups is 1. The van der Waals surface area contributed by atoms with Gasteiger partial charge in [0, 0.05) is 23.6 Å². The molecule has 1 heterocycles. The van der Waals surface area contributed by atoms with Gasteiger partial charge in [0.1, 0.15) is 5.75 Å². The highest BCUT2D eigenvalue weighted by Gasteiger charge is 2.06. The molecule has 5 nitrogen and oxygen atoms in total. The van der Waals surface area contributed by atoms with Gasteiger partial charge in [0.15, 0.2) is 5.96 Å². The Morgan fingerprint density at radius 3 is 2.88 bits per heavy atom. The minimum Gasteiger partial charge on any atom is -0.495 e. The molecule has 3 rings (SSSR count). The number of nitrogens with zero attached hydrogens (tertiary/aromatic N) is 1. The number of methoxy groups -OCH3 is 1. The summed E-state index contributed by atoms with van der Waals surface area (Å²) in [5.41, 5.74) is 10.5. The molecular formula is C19H22N4O. The summed E-state index contributed by atoms with van der Waals surface area (Å²) in [4.78, 5) is 7.73. The Balaban J connectivity index is 1.67. The molecule has 124 valence electrons. The van der Waals surface area contributed by atoms with Crippen molar-refractivity contribution >= 4 is 22.5 Å². The molecule has 0 aliphatic rings. The van der Waals surface area contributed by atoms with Crippen LogP contribution in [0.2, 0.25) is 0 Å². The highest BCUT2D eigenvalue weighted by Crippen LogP contribution is 2.23. The molecule has 0 aliphatic heterocycles. The first-order valence-electron chi connectivity index (χ1n) is 7.94. The molecule has 4 N–H and O–H groups in total. The van der Waals surface area contributed by atoms with Crippen molar-refractivity contribution in [2.45, 2.75) is 13.3 Å². The average molecular weight is 322 g/mol. The van der Waals surface area contributed by atoms with Crippen LogP contribution in [0.15, 0.2) is 53.7 Å². The second-order valence-electron chi connectivity index (χ2n) is 5.65. The number of benzene rings is 2. The Bertz CT molecular complexity index is 867. The largest absolute Gasteiger partial charge is 0.495 e. The van der Waals surface area contributed by atoms with Gasteiger partial charge < -0.3 is 20.8 Å². The molecule has 0 radical (unpaired) electrons. The van der Waals surface area contributed by atoms with Crippen LogP contribution in [0.25, 0.3) is 10.9 Å². The van der Waals surface area contributed by atoms with Crippen molar-refractivity contribution in [1.29, 1.82) is 0 Å². The van der Waals surface area contributed by atoms with Crippen molar-refractivity contribution < 1.29 is 4.74 Å². The SMILES string of the molecule is COc1ccccc1NC(N)=NCCc1c[nH]c2cccc(C)c12. The van der Waals surface area contributed by atoms with E-state index in [-0.39, 0.29) is 0 Å². The Morgan fingerprint density at radius 2 is 2.04 bits per heavy atom. The van der Waals surface area contributed by atoms with Gasteiger partial charge in [-0.3, -0.25) is 4.99 Å². The highest BCUT2D eigenvalue weighted by molar-refractivity contribution is 5.93. The third-order valence-electron chi connectivity index (χ3n) is 4.03. The van der Waals surface area contributed by atoms with Gasteiger partial charge in [-0.1, -0.05) is 24.3 Å². The van der Waals surface area contributed by atoms with Gasteiger partial charge in [0.05, 0.1) is 12.8 Å². The maximum absolute atomic E-state index is 5.99. The van der Waals surface area contributed by atoms with Gasteiger partial charge in [0.25, 0.3) is 0 Å². The Kier molecular flexibility index (Phi) is 4.70. The van der Waals surface area contributed by atoms with E-state index < -0.39 is 0 Å². The normalized spacial score (nSPS) is 11.7. The summed E-state index contributed by atoms with van der Waals surface area (Å²) in [7, 11) is 1.63. The molecule has 0 bridgehead atoms. The minimum absolute atomic E-state index is 0.385. The van der Waals surface area contributed by atoms with E-state index in [9.17, 15) is 0 Å². The number of aliphatic imine (C=N–C) groups is 1. The van der Waals surface area contributed by atoms with E-state index in [1.54, 1.807) is 7.11 Å². The molecule has 0 atom stereocenters. The number of hydrogen-bond donors (Lipinski definition) is 3. The van der Waals surface area contributed by atoms with Crippen molar-refractivity contribution in [2.24, 2.45) is 10.7 Å². The zero-order valence-electron chi connectivity index (χ0n) is 14.0. The van der Waals surface area contributed by atoms with Crippen molar-refractivity contribution in [3.8, 4) is 5.75 Å². The van der Waals surface area contributed by atoms with Gasteiger partial charge in [-0.2, -0.15) is 0 Å². The molecular weight excluding hydrogens is 300 g/mol.